The molecule has 0 unspecified atom stereocenters. The van der Waals surface area contributed by atoms with E-state index in [0.29, 0.717) is 5.56 Å². The van der Waals surface area contributed by atoms with Gasteiger partial charge in [-0.05, 0) is 26.0 Å². The highest BCUT2D eigenvalue weighted by Gasteiger charge is 2.04. The van der Waals surface area contributed by atoms with E-state index in [2.05, 4.69) is 15.3 Å². The predicted octanol–water partition coefficient (Wildman–Crippen LogP) is 2.65. The molecule has 0 bridgehead atoms. The zero-order valence-corrected chi connectivity index (χ0v) is 9.77. The van der Waals surface area contributed by atoms with Gasteiger partial charge in [-0.3, -0.25) is 4.79 Å². The van der Waals surface area contributed by atoms with E-state index in [1.807, 2.05) is 32.0 Å². The highest BCUT2D eigenvalue weighted by Crippen LogP contribution is 2.20. The van der Waals surface area contributed by atoms with Crippen LogP contribution in [0.2, 0.25) is 0 Å². The van der Waals surface area contributed by atoms with Crippen molar-refractivity contribution in [2.45, 2.75) is 13.8 Å². The number of benzene rings is 1. The summed E-state index contributed by atoms with van der Waals surface area (Å²) in [6, 6.07) is 7.32. The first-order chi connectivity index (χ1) is 8.20. The molecule has 0 saturated carbocycles. The Bertz CT molecular complexity index is 552. The van der Waals surface area contributed by atoms with Gasteiger partial charge in [-0.2, -0.15) is 0 Å². The molecule has 0 radical (unpaired) electrons. The van der Waals surface area contributed by atoms with Crippen molar-refractivity contribution in [2.75, 3.05) is 5.32 Å². The van der Waals surface area contributed by atoms with Crippen LogP contribution in [0.5, 0.6) is 0 Å². The summed E-state index contributed by atoms with van der Waals surface area (Å²) in [5.41, 5.74) is 3.05. The summed E-state index contributed by atoms with van der Waals surface area (Å²) < 4.78 is 0. The van der Waals surface area contributed by atoms with Crippen LogP contribution in [0.3, 0.4) is 0 Å². The standard InChI is InChI=1S/C13H13N3O/c1-9-13(7-14-10(2)15-9)16-12-6-4-3-5-11(12)8-17/h3-8,16H,1-2H3. The topological polar surface area (TPSA) is 54.9 Å². The van der Waals surface area contributed by atoms with Gasteiger partial charge in [-0.25, -0.2) is 9.97 Å². The smallest absolute Gasteiger partial charge is 0.152 e. The Kier molecular flexibility index (Phi) is 3.14. The molecule has 0 spiro atoms. The monoisotopic (exact) mass is 227 g/mol. The summed E-state index contributed by atoms with van der Waals surface area (Å²) in [4.78, 5) is 19.3. The minimum absolute atomic E-state index is 0.618. The summed E-state index contributed by atoms with van der Waals surface area (Å²) in [5, 5.41) is 3.16. The molecular weight excluding hydrogens is 214 g/mol. The summed E-state index contributed by atoms with van der Waals surface area (Å²) in [5.74, 6) is 0.733. The first kappa shape index (κ1) is 11.3. The Hall–Kier alpha value is -2.23. The van der Waals surface area contributed by atoms with Gasteiger partial charge in [0.25, 0.3) is 0 Å². The summed E-state index contributed by atoms with van der Waals surface area (Å²) >= 11 is 0. The van der Waals surface area contributed by atoms with Gasteiger partial charge in [0.15, 0.2) is 6.29 Å². The van der Waals surface area contributed by atoms with Crippen LogP contribution >= 0.6 is 0 Å². The van der Waals surface area contributed by atoms with Gasteiger partial charge in [0.2, 0.25) is 0 Å². The molecule has 2 rings (SSSR count). The van der Waals surface area contributed by atoms with Crippen LogP contribution in [-0.4, -0.2) is 16.3 Å². The second-order valence-electron chi connectivity index (χ2n) is 3.75. The average molecular weight is 227 g/mol. The Morgan fingerprint density at radius 3 is 2.65 bits per heavy atom. The second kappa shape index (κ2) is 4.74. The Morgan fingerprint density at radius 2 is 1.94 bits per heavy atom. The van der Waals surface area contributed by atoms with E-state index in [0.717, 1.165) is 29.2 Å². The molecule has 1 heterocycles. The van der Waals surface area contributed by atoms with E-state index >= 15 is 0 Å². The fourth-order valence-electron chi connectivity index (χ4n) is 1.56. The molecule has 17 heavy (non-hydrogen) atoms. The maximum absolute atomic E-state index is 10.9. The molecule has 2 aromatic rings. The normalized spacial score (nSPS) is 10.0. The minimum Gasteiger partial charge on any atom is -0.352 e. The number of hydrogen-bond acceptors (Lipinski definition) is 4. The molecule has 0 amide bonds. The third-order valence-corrected chi connectivity index (χ3v) is 2.46. The third-order valence-electron chi connectivity index (χ3n) is 2.46. The predicted molar refractivity (Wildman–Crippen MR) is 66.6 cm³/mol. The van der Waals surface area contributed by atoms with Gasteiger partial charge in [0.1, 0.15) is 5.82 Å². The summed E-state index contributed by atoms with van der Waals surface area (Å²) in [6.45, 7) is 3.75. The van der Waals surface area contributed by atoms with E-state index in [-0.39, 0.29) is 0 Å². The van der Waals surface area contributed by atoms with Crippen molar-refractivity contribution >= 4 is 17.7 Å². The van der Waals surface area contributed by atoms with Gasteiger partial charge in [-0.1, -0.05) is 12.1 Å². The number of aromatic nitrogens is 2. The minimum atomic E-state index is 0.618. The lowest BCUT2D eigenvalue weighted by molar-refractivity contribution is 0.112. The molecule has 0 saturated heterocycles. The van der Waals surface area contributed by atoms with Gasteiger partial charge >= 0.3 is 0 Å². The van der Waals surface area contributed by atoms with Crippen LogP contribution in [-0.2, 0) is 0 Å². The van der Waals surface area contributed by atoms with Crippen molar-refractivity contribution in [3.8, 4) is 0 Å². The summed E-state index contributed by atoms with van der Waals surface area (Å²) in [6.07, 6.45) is 2.55. The zero-order chi connectivity index (χ0) is 12.3. The van der Waals surface area contributed by atoms with E-state index in [1.165, 1.54) is 0 Å². The largest absolute Gasteiger partial charge is 0.352 e. The van der Waals surface area contributed by atoms with Crippen LogP contribution in [0.15, 0.2) is 30.5 Å². The molecule has 86 valence electrons. The molecule has 1 aromatic carbocycles. The van der Waals surface area contributed by atoms with E-state index in [4.69, 9.17) is 0 Å². The van der Waals surface area contributed by atoms with Crippen LogP contribution in [0, 0.1) is 13.8 Å². The third kappa shape index (κ3) is 2.47. The maximum atomic E-state index is 10.9. The number of para-hydroxylation sites is 1. The number of rotatable bonds is 3. The van der Waals surface area contributed by atoms with Crippen molar-refractivity contribution in [1.82, 2.24) is 9.97 Å². The van der Waals surface area contributed by atoms with Crippen molar-refractivity contribution in [3.05, 3.63) is 47.5 Å². The number of carbonyl (C=O) groups is 1. The number of anilines is 2. The van der Waals surface area contributed by atoms with Gasteiger partial charge in [0, 0.05) is 11.3 Å². The van der Waals surface area contributed by atoms with E-state index in [1.54, 1.807) is 12.3 Å². The molecule has 4 heteroatoms. The molecule has 0 aliphatic carbocycles. The van der Waals surface area contributed by atoms with Crippen molar-refractivity contribution in [1.29, 1.82) is 0 Å². The molecule has 0 aliphatic heterocycles. The lowest BCUT2D eigenvalue weighted by Gasteiger charge is -2.10. The van der Waals surface area contributed by atoms with E-state index < -0.39 is 0 Å². The van der Waals surface area contributed by atoms with Gasteiger partial charge in [-0.15, -0.1) is 0 Å². The molecule has 1 N–H and O–H groups in total. The number of nitrogens with one attached hydrogen (secondary N) is 1. The number of carbonyl (C=O) groups excluding carboxylic acids is 1. The molecule has 4 nitrogen and oxygen atoms in total. The molecule has 0 aliphatic rings. The maximum Gasteiger partial charge on any atom is 0.152 e. The molecule has 0 atom stereocenters. The van der Waals surface area contributed by atoms with Crippen LogP contribution in [0.25, 0.3) is 0 Å². The number of hydrogen-bond donors (Lipinski definition) is 1. The lowest BCUT2D eigenvalue weighted by atomic mass is 10.2. The molecular formula is C13H13N3O. The van der Waals surface area contributed by atoms with Crippen molar-refractivity contribution < 1.29 is 4.79 Å². The number of aldehydes is 1. The number of nitrogens with zero attached hydrogens (tertiary/aromatic N) is 2. The van der Waals surface area contributed by atoms with Crippen LogP contribution < -0.4 is 5.32 Å². The Labute approximate surface area is 99.7 Å². The van der Waals surface area contributed by atoms with Crippen LogP contribution in [0.1, 0.15) is 21.9 Å². The quantitative estimate of drug-likeness (QED) is 0.819. The fraction of sp³-hybridized carbons (Fsp3) is 0.154. The van der Waals surface area contributed by atoms with Gasteiger partial charge < -0.3 is 5.32 Å². The first-order valence-electron chi connectivity index (χ1n) is 5.32. The molecule has 1 aromatic heterocycles. The van der Waals surface area contributed by atoms with Crippen molar-refractivity contribution in [3.63, 3.8) is 0 Å². The van der Waals surface area contributed by atoms with Gasteiger partial charge in [0.05, 0.1) is 17.6 Å². The zero-order valence-electron chi connectivity index (χ0n) is 9.77. The second-order valence-corrected chi connectivity index (χ2v) is 3.75. The van der Waals surface area contributed by atoms with E-state index in [9.17, 15) is 4.79 Å². The SMILES string of the molecule is Cc1ncc(Nc2ccccc2C=O)c(C)n1. The van der Waals surface area contributed by atoms with Crippen molar-refractivity contribution in [2.24, 2.45) is 0 Å². The average Bonchev–Trinajstić information content (AvgIpc) is 2.33. The number of aryl methyl sites for hydroxylation is 2. The fourth-order valence-corrected chi connectivity index (χ4v) is 1.56. The lowest BCUT2D eigenvalue weighted by Crippen LogP contribution is -2.00. The first-order valence-corrected chi connectivity index (χ1v) is 5.32. The summed E-state index contributed by atoms with van der Waals surface area (Å²) in [7, 11) is 0. The highest BCUT2D eigenvalue weighted by molar-refractivity contribution is 5.85. The Balaban J connectivity index is 2.34. The Morgan fingerprint density at radius 1 is 1.18 bits per heavy atom. The van der Waals surface area contributed by atoms with Crippen LogP contribution in [0.4, 0.5) is 11.4 Å². The highest BCUT2D eigenvalue weighted by atomic mass is 16.1. The molecule has 0 fully saturated rings.